The minimum absolute atomic E-state index is 0.0331. The first-order valence-corrected chi connectivity index (χ1v) is 7.34. The van der Waals surface area contributed by atoms with Gasteiger partial charge in [0.25, 0.3) is 0 Å². The molecule has 100 valence electrons. The summed E-state index contributed by atoms with van der Waals surface area (Å²) in [6.45, 7) is 0. The highest BCUT2D eigenvalue weighted by atomic mass is 35.5. The molecular weight excluding hydrogens is 294 g/mol. The smallest absolute Gasteiger partial charge is 0.182 e. The third-order valence-electron chi connectivity index (χ3n) is 2.53. The second kappa shape index (κ2) is 5.27. The van der Waals surface area contributed by atoms with E-state index in [4.69, 9.17) is 11.6 Å². The Hall–Kier alpha value is -1.46. The summed E-state index contributed by atoms with van der Waals surface area (Å²) in [5.74, 6) is -1.52. The first-order valence-electron chi connectivity index (χ1n) is 5.31. The SMILES string of the molecule is O=S(=O)(Cc1cc(F)ccc1Cl)c1ccc(F)cc1. The van der Waals surface area contributed by atoms with E-state index in [-0.39, 0.29) is 15.5 Å². The Morgan fingerprint density at radius 2 is 1.53 bits per heavy atom. The van der Waals surface area contributed by atoms with E-state index in [1.54, 1.807) is 0 Å². The molecule has 0 amide bonds. The summed E-state index contributed by atoms with van der Waals surface area (Å²) in [4.78, 5) is -0.0331. The van der Waals surface area contributed by atoms with Gasteiger partial charge in [0.2, 0.25) is 0 Å². The van der Waals surface area contributed by atoms with E-state index in [0.717, 1.165) is 36.4 Å². The standard InChI is InChI=1S/C13H9ClF2O2S/c14-13-6-3-11(16)7-9(13)8-19(17,18)12-4-1-10(15)2-5-12/h1-7H,8H2. The minimum atomic E-state index is -3.69. The maximum absolute atomic E-state index is 13.1. The average Bonchev–Trinajstić information content (AvgIpc) is 2.34. The van der Waals surface area contributed by atoms with Crippen LogP contribution in [0.3, 0.4) is 0 Å². The molecule has 0 bridgehead atoms. The maximum atomic E-state index is 13.1. The molecule has 0 atom stereocenters. The zero-order chi connectivity index (χ0) is 14.0. The number of benzene rings is 2. The van der Waals surface area contributed by atoms with Gasteiger partial charge in [-0.15, -0.1) is 0 Å². The zero-order valence-electron chi connectivity index (χ0n) is 9.61. The van der Waals surface area contributed by atoms with Crippen LogP contribution in [-0.4, -0.2) is 8.42 Å². The topological polar surface area (TPSA) is 34.1 Å². The molecule has 2 aromatic rings. The highest BCUT2D eigenvalue weighted by Crippen LogP contribution is 2.23. The number of sulfone groups is 1. The quantitative estimate of drug-likeness (QED) is 0.812. The monoisotopic (exact) mass is 302 g/mol. The van der Waals surface area contributed by atoms with E-state index in [0.29, 0.717) is 0 Å². The van der Waals surface area contributed by atoms with E-state index in [1.165, 1.54) is 6.07 Å². The first kappa shape index (κ1) is 14.0. The number of halogens is 3. The molecule has 0 N–H and O–H groups in total. The summed E-state index contributed by atoms with van der Waals surface area (Å²) in [6, 6.07) is 7.96. The molecule has 0 aliphatic carbocycles. The van der Waals surface area contributed by atoms with Crippen molar-refractivity contribution >= 4 is 21.4 Å². The molecule has 0 spiro atoms. The van der Waals surface area contributed by atoms with Crippen molar-refractivity contribution in [2.75, 3.05) is 0 Å². The van der Waals surface area contributed by atoms with Crippen molar-refractivity contribution in [2.45, 2.75) is 10.6 Å². The van der Waals surface area contributed by atoms with Crippen molar-refractivity contribution in [1.82, 2.24) is 0 Å². The van der Waals surface area contributed by atoms with Crippen LogP contribution >= 0.6 is 11.6 Å². The van der Waals surface area contributed by atoms with Crippen molar-refractivity contribution in [3.05, 3.63) is 64.7 Å². The minimum Gasteiger partial charge on any atom is -0.223 e. The summed E-state index contributed by atoms with van der Waals surface area (Å²) < 4.78 is 50.0. The van der Waals surface area contributed by atoms with Gasteiger partial charge in [-0.05, 0) is 48.0 Å². The van der Waals surface area contributed by atoms with E-state index in [2.05, 4.69) is 0 Å². The van der Waals surface area contributed by atoms with Crippen LogP contribution in [0.1, 0.15) is 5.56 Å². The van der Waals surface area contributed by atoms with Crippen molar-refractivity contribution in [3.63, 3.8) is 0 Å². The second-order valence-electron chi connectivity index (χ2n) is 3.95. The average molecular weight is 303 g/mol. The fourth-order valence-electron chi connectivity index (χ4n) is 1.58. The van der Waals surface area contributed by atoms with E-state index < -0.39 is 27.2 Å². The lowest BCUT2D eigenvalue weighted by atomic mass is 10.2. The molecule has 0 aromatic heterocycles. The second-order valence-corrected chi connectivity index (χ2v) is 6.35. The molecular formula is C13H9ClF2O2S. The van der Waals surface area contributed by atoms with Gasteiger partial charge in [0.05, 0.1) is 10.6 Å². The maximum Gasteiger partial charge on any atom is 0.182 e. The third-order valence-corrected chi connectivity index (χ3v) is 4.58. The Morgan fingerprint density at radius 1 is 0.947 bits per heavy atom. The molecule has 0 fully saturated rings. The number of rotatable bonds is 3. The van der Waals surface area contributed by atoms with E-state index in [9.17, 15) is 17.2 Å². The van der Waals surface area contributed by atoms with Crippen molar-refractivity contribution in [2.24, 2.45) is 0 Å². The summed E-state index contributed by atoms with van der Waals surface area (Å²) >= 11 is 5.82. The van der Waals surface area contributed by atoms with Gasteiger partial charge in [-0.1, -0.05) is 11.6 Å². The lowest BCUT2D eigenvalue weighted by Crippen LogP contribution is -2.05. The van der Waals surface area contributed by atoms with Crippen LogP contribution in [0, 0.1) is 11.6 Å². The fourth-order valence-corrected chi connectivity index (χ4v) is 3.21. The first-order chi connectivity index (χ1) is 8.88. The Labute approximate surface area is 114 Å². The predicted octanol–water partition coefficient (Wildman–Crippen LogP) is 3.59. The van der Waals surface area contributed by atoms with Gasteiger partial charge in [0.1, 0.15) is 11.6 Å². The van der Waals surface area contributed by atoms with Gasteiger partial charge in [0, 0.05) is 5.02 Å². The number of hydrogen-bond donors (Lipinski definition) is 0. The van der Waals surface area contributed by atoms with Crippen LogP contribution in [0.25, 0.3) is 0 Å². The molecule has 0 saturated heterocycles. The van der Waals surface area contributed by atoms with Gasteiger partial charge in [-0.2, -0.15) is 0 Å². The highest BCUT2D eigenvalue weighted by molar-refractivity contribution is 7.90. The number of hydrogen-bond acceptors (Lipinski definition) is 2. The molecule has 2 aromatic carbocycles. The van der Waals surface area contributed by atoms with Crippen LogP contribution in [-0.2, 0) is 15.6 Å². The van der Waals surface area contributed by atoms with Crippen LogP contribution < -0.4 is 0 Å². The molecule has 6 heteroatoms. The van der Waals surface area contributed by atoms with Crippen molar-refractivity contribution in [1.29, 1.82) is 0 Å². The van der Waals surface area contributed by atoms with E-state index >= 15 is 0 Å². The fraction of sp³-hybridized carbons (Fsp3) is 0.0769. The third kappa shape index (κ3) is 3.30. The van der Waals surface area contributed by atoms with Crippen LogP contribution in [0.15, 0.2) is 47.4 Å². The van der Waals surface area contributed by atoms with Gasteiger partial charge < -0.3 is 0 Å². The van der Waals surface area contributed by atoms with Crippen LogP contribution in [0.2, 0.25) is 5.02 Å². The van der Waals surface area contributed by atoms with Gasteiger partial charge in [0.15, 0.2) is 9.84 Å². The Bertz CT molecular complexity index is 697. The van der Waals surface area contributed by atoms with Crippen LogP contribution in [0.5, 0.6) is 0 Å². The summed E-state index contributed by atoms with van der Waals surface area (Å²) in [7, 11) is -3.69. The molecule has 0 aliphatic rings. The molecule has 0 saturated carbocycles. The van der Waals surface area contributed by atoms with Gasteiger partial charge in [-0.25, -0.2) is 17.2 Å². The summed E-state index contributed by atoms with van der Waals surface area (Å²) in [5, 5.41) is 0.173. The molecule has 19 heavy (non-hydrogen) atoms. The predicted molar refractivity (Wildman–Crippen MR) is 68.7 cm³/mol. The Balaban J connectivity index is 2.36. The molecule has 0 aliphatic heterocycles. The molecule has 2 nitrogen and oxygen atoms in total. The van der Waals surface area contributed by atoms with Gasteiger partial charge in [-0.3, -0.25) is 0 Å². The van der Waals surface area contributed by atoms with Crippen molar-refractivity contribution in [3.8, 4) is 0 Å². The van der Waals surface area contributed by atoms with Crippen molar-refractivity contribution < 1.29 is 17.2 Å². The zero-order valence-corrected chi connectivity index (χ0v) is 11.2. The molecule has 0 unspecified atom stereocenters. The molecule has 0 heterocycles. The van der Waals surface area contributed by atoms with Crippen LogP contribution in [0.4, 0.5) is 8.78 Å². The normalized spacial score (nSPS) is 11.5. The molecule has 2 rings (SSSR count). The highest BCUT2D eigenvalue weighted by Gasteiger charge is 2.17. The summed E-state index contributed by atoms with van der Waals surface area (Å²) in [6.07, 6.45) is 0. The van der Waals surface area contributed by atoms with Gasteiger partial charge >= 0.3 is 0 Å². The lowest BCUT2D eigenvalue weighted by molar-refractivity contribution is 0.593. The lowest BCUT2D eigenvalue weighted by Gasteiger charge is -2.06. The largest absolute Gasteiger partial charge is 0.223 e. The Kier molecular flexibility index (Phi) is 3.87. The molecule has 0 radical (unpaired) electrons. The summed E-state index contributed by atoms with van der Waals surface area (Å²) in [5.41, 5.74) is 0.172. The Morgan fingerprint density at radius 3 is 2.16 bits per heavy atom. The van der Waals surface area contributed by atoms with E-state index in [1.807, 2.05) is 0 Å².